The molecule has 1 fully saturated rings. The Morgan fingerprint density at radius 2 is 1.97 bits per heavy atom. The zero-order valence-electron chi connectivity index (χ0n) is 15.9. The lowest BCUT2D eigenvalue weighted by Crippen LogP contribution is -2.46. The van der Waals surface area contributed by atoms with Crippen molar-refractivity contribution in [2.45, 2.75) is 25.1 Å². The summed E-state index contributed by atoms with van der Waals surface area (Å²) in [6.45, 7) is 0.211. The van der Waals surface area contributed by atoms with Crippen LogP contribution in [0.5, 0.6) is 5.75 Å². The van der Waals surface area contributed by atoms with E-state index in [9.17, 15) is 18.0 Å². The number of hydrogen-bond donors (Lipinski definition) is 1. The second-order valence-electron chi connectivity index (χ2n) is 7.03. The van der Waals surface area contributed by atoms with Gasteiger partial charge in [0.1, 0.15) is 11.8 Å². The average molecular weight is 427 g/mol. The normalized spacial score (nSPS) is 18.9. The molecular weight excluding hydrogens is 405 g/mol. The number of likely N-dealkylation sites (tertiary alicyclic amines) is 1. The first-order valence-corrected chi connectivity index (χ1v) is 9.67. The number of nitrogens with one attached hydrogen (secondary N) is 1. The monoisotopic (exact) mass is 426 g/mol. The summed E-state index contributed by atoms with van der Waals surface area (Å²) in [5, 5.41) is 3.11. The van der Waals surface area contributed by atoms with Crippen LogP contribution in [-0.4, -0.2) is 37.2 Å². The van der Waals surface area contributed by atoms with Gasteiger partial charge < -0.3 is 10.1 Å². The molecule has 0 saturated carbocycles. The largest absolute Gasteiger partial charge is 0.495 e. The Labute approximate surface area is 172 Å². The van der Waals surface area contributed by atoms with Gasteiger partial charge in [-0.25, -0.2) is 0 Å². The maximum atomic E-state index is 13.3. The molecule has 156 valence electrons. The van der Waals surface area contributed by atoms with Crippen LogP contribution in [0.4, 0.5) is 18.9 Å². The Morgan fingerprint density at radius 1 is 1.24 bits per heavy atom. The second kappa shape index (κ2) is 9.05. The number of carbonyl (C=O) groups is 1. The fourth-order valence-electron chi connectivity index (χ4n) is 3.63. The molecule has 8 heteroatoms. The van der Waals surface area contributed by atoms with Crippen LogP contribution in [0.1, 0.15) is 24.4 Å². The van der Waals surface area contributed by atoms with Crippen LogP contribution in [0.25, 0.3) is 0 Å². The third-order valence-corrected chi connectivity index (χ3v) is 5.36. The first kappa shape index (κ1) is 21.5. The van der Waals surface area contributed by atoms with E-state index in [0.29, 0.717) is 35.0 Å². The van der Waals surface area contributed by atoms with Crippen LogP contribution >= 0.6 is 11.6 Å². The average Bonchev–Trinajstić information content (AvgIpc) is 2.69. The molecular formula is C21H22ClF3N2O2. The first-order valence-electron chi connectivity index (χ1n) is 9.29. The molecule has 0 radical (unpaired) electrons. The van der Waals surface area contributed by atoms with Crippen molar-refractivity contribution in [1.82, 2.24) is 4.90 Å². The Balaban J connectivity index is 1.86. The summed E-state index contributed by atoms with van der Waals surface area (Å²) in [6.07, 6.45) is -3.81. The van der Waals surface area contributed by atoms with Crippen LogP contribution in [0, 0.1) is 5.92 Å². The molecule has 1 amide bonds. The van der Waals surface area contributed by atoms with Gasteiger partial charge in [0.2, 0.25) is 5.91 Å². The highest BCUT2D eigenvalue weighted by atomic mass is 35.5. The van der Waals surface area contributed by atoms with Crippen molar-refractivity contribution in [3.05, 3.63) is 59.1 Å². The molecule has 1 N–H and O–H groups in total. The first-order chi connectivity index (χ1) is 13.8. The summed E-state index contributed by atoms with van der Waals surface area (Å²) in [4.78, 5) is 14.7. The van der Waals surface area contributed by atoms with Crippen LogP contribution in [0.15, 0.2) is 48.5 Å². The van der Waals surface area contributed by atoms with Gasteiger partial charge in [-0.1, -0.05) is 41.9 Å². The van der Waals surface area contributed by atoms with Crippen LogP contribution in [0.3, 0.4) is 0 Å². The molecule has 3 rings (SSSR count). The fourth-order valence-corrected chi connectivity index (χ4v) is 3.88. The molecule has 0 spiro atoms. The predicted octanol–water partition coefficient (Wildman–Crippen LogP) is 5.30. The van der Waals surface area contributed by atoms with E-state index in [0.717, 1.165) is 0 Å². The minimum atomic E-state index is -4.28. The number of anilines is 1. The number of benzene rings is 2. The van der Waals surface area contributed by atoms with E-state index in [1.165, 1.54) is 7.11 Å². The van der Waals surface area contributed by atoms with Crippen molar-refractivity contribution in [2.75, 3.05) is 25.5 Å². The minimum Gasteiger partial charge on any atom is -0.495 e. The highest BCUT2D eigenvalue weighted by Gasteiger charge is 2.44. The molecule has 0 bridgehead atoms. The number of hydrogen-bond acceptors (Lipinski definition) is 3. The van der Waals surface area contributed by atoms with E-state index in [-0.39, 0.29) is 13.0 Å². The van der Waals surface area contributed by atoms with E-state index < -0.39 is 24.0 Å². The summed E-state index contributed by atoms with van der Waals surface area (Å²) in [7, 11) is 1.48. The quantitative estimate of drug-likeness (QED) is 0.705. The smallest absolute Gasteiger partial charge is 0.393 e. The van der Waals surface area contributed by atoms with E-state index in [1.54, 1.807) is 53.4 Å². The number of carbonyl (C=O) groups excluding carboxylic acids is 1. The van der Waals surface area contributed by atoms with Gasteiger partial charge in [-0.3, -0.25) is 9.69 Å². The minimum absolute atomic E-state index is 0.0806. The van der Waals surface area contributed by atoms with Gasteiger partial charge in [-0.2, -0.15) is 13.2 Å². The molecule has 29 heavy (non-hydrogen) atoms. The van der Waals surface area contributed by atoms with Gasteiger partial charge in [-0.15, -0.1) is 0 Å². The van der Waals surface area contributed by atoms with Crippen molar-refractivity contribution in [2.24, 2.45) is 5.92 Å². The van der Waals surface area contributed by atoms with Crippen molar-refractivity contribution < 1.29 is 22.7 Å². The molecule has 0 aromatic heterocycles. The van der Waals surface area contributed by atoms with E-state index in [4.69, 9.17) is 16.3 Å². The van der Waals surface area contributed by atoms with Crippen molar-refractivity contribution in [3.8, 4) is 5.75 Å². The van der Waals surface area contributed by atoms with Gasteiger partial charge in [0.05, 0.1) is 18.1 Å². The predicted molar refractivity (Wildman–Crippen MR) is 106 cm³/mol. The van der Waals surface area contributed by atoms with Gasteiger partial charge in [-0.05, 0) is 43.1 Å². The molecule has 1 aliphatic heterocycles. The lowest BCUT2D eigenvalue weighted by Gasteiger charge is -2.38. The number of halogens is 4. The Kier molecular flexibility index (Phi) is 6.70. The Hall–Kier alpha value is -2.25. The third kappa shape index (κ3) is 5.22. The zero-order chi connectivity index (χ0) is 21.0. The SMILES string of the molecule is COc1ccc(NC(=O)[C@@H](c2ccccc2)N2CCC[C@@H](C(F)(F)F)C2)cc1Cl. The lowest BCUT2D eigenvalue weighted by molar-refractivity contribution is -0.189. The molecule has 2 aromatic carbocycles. The molecule has 1 saturated heterocycles. The summed E-state index contributed by atoms with van der Waals surface area (Å²) < 4.78 is 45.0. The number of piperidine rings is 1. The maximum absolute atomic E-state index is 13.3. The third-order valence-electron chi connectivity index (χ3n) is 5.06. The van der Waals surface area contributed by atoms with Crippen molar-refractivity contribution >= 4 is 23.2 Å². The number of alkyl halides is 3. The Morgan fingerprint density at radius 3 is 2.59 bits per heavy atom. The number of ether oxygens (including phenoxy) is 1. The highest BCUT2D eigenvalue weighted by Crippen LogP contribution is 2.36. The van der Waals surface area contributed by atoms with E-state index in [2.05, 4.69) is 5.32 Å². The highest BCUT2D eigenvalue weighted by molar-refractivity contribution is 6.32. The molecule has 1 heterocycles. The number of rotatable bonds is 5. The number of amides is 1. The topological polar surface area (TPSA) is 41.6 Å². The molecule has 1 aliphatic rings. The molecule has 0 unspecified atom stereocenters. The number of methoxy groups -OCH3 is 1. The molecule has 0 aliphatic carbocycles. The summed E-state index contributed by atoms with van der Waals surface area (Å²) >= 11 is 6.12. The second-order valence-corrected chi connectivity index (χ2v) is 7.43. The van der Waals surface area contributed by atoms with Crippen LogP contribution in [0.2, 0.25) is 5.02 Å². The van der Waals surface area contributed by atoms with Crippen molar-refractivity contribution in [3.63, 3.8) is 0 Å². The standard InChI is InChI=1S/C21H22ClF3N2O2/c1-29-18-10-9-16(12-17(18)22)26-20(28)19(14-6-3-2-4-7-14)27-11-5-8-15(13-27)21(23,24)25/h2-4,6-7,9-10,12,15,19H,5,8,11,13H2,1H3,(H,26,28)/t15-,19-/m1/s1. The Bertz CT molecular complexity index is 846. The molecule has 2 aromatic rings. The summed E-state index contributed by atoms with van der Waals surface area (Å²) in [6, 6.07) is 12.8. The van der Waals surface area contributed by atoms with E-state index >= 15 is 0 Å². The summed E-state index contributed by atoms with van der Waals surface area (Å²) in [5.74, 6) is -1.38. The fraction of sp³-hybridized carbons (Fsp3) is 0.381. The summed E-state index contributed by atoms with van der Waals surface area (Å²) in [5.41, 5.74) is 1.10. The maximum Gasteiger partial charge on any atom is 0.393 e. The van der Waals surface area contributed by atoms with Crippen LogP contribution < -0.4 is 10.1 Å². The van der Waals surface area contributed by atoms with E-state index in [1.807, 2.05) is 0 Å². The molecule has 4 nitrogen and oxygen atoms in total. The van der Waals surface area contributed by atoms with Gasteiger partial charge >= 0.3 is 6.18 Å². The zero-order valence-corrected chi connectivity index (χ0v) is 16.6. The van der Waals surface area contributed by atoms with Gasteiger partial charge in [0, 0.05) is 12.2 Å². The van der Waals surface area contributed by atoms with Gasteiger partial charge in [0.25, 0.3) is 0 Å². The van der Waals surface area contributed by atoms with Crippen molar-refractivity contribution in [1.29, 1.82) is 0 Å². The van der Waals surface area contributed by atoms with Gasteiger partial charge in [0.15, 0.2) is 0 Å². The van der Waals surface area contributed by atoms with Crippen LogP contribution in [-0.2, 0) is 4.79 Å². The molecule has 2 atom stereocenters. The number of nitrogens with zero attached hydrogens (tertiary/aromatic N) is 1. The lowest BCUT2D eigenvalue weighted by atomic mass is 9.94.